The summed E-state index contributed by atoms with van der Waals surface area (Å²) in [6, 6.07) is 0.525. The molecule has 0 aliphatic carbocycles. The summed E-state index contributed by atoms with van der Waals surface area (Å²) in [7, 11) is 0. The van der Waals surface area contributed by atoms with Crippen molar-refractivity contribution < 1.29 is 14.7 Å². The molecule has 2 amide bonds. The predicted molar refractivity (Wildman–Crippen MR) is 75.5 cm³/mol. The second-order valence-electron chi connectivity index (χ2n) is 6.30. The van der Waals surface area contributed by atoms with Gasteiger partial charge >= 0.3 is 12.0 Å². The Morgan fingerprint density at radius 1 is 1.25 bits per heavy atom. The number of urea groups is 1. The zero-order valence-electron chi connectivity index (χ0n) is 12.3. The van der Waals surface area contributed by atoms with Gasteiger partial charge in [0.2, 0.25) is 0 Å². The molecule has 0 aromatic rings. The molecule has 114 valence electrons. The first-order valence-electron chi connectivity index (χ1n) is 7.44. The highest BCUT2D eigenvalue weighted by Gasteiger charge is 2.32. The van der Waals surface area contributed by atoms with E-state index in [0.717, 1.165) is 26.1 Å². The summed E-state index contributed by atoms with van der Waals surface area (Å²) in [4.78, 5) is 26.6. The second-order valence-corrected chi connectivity index (χ2v) is 6.30. The second kappa shape index (κ2) is 6.43. The van der Waals surface area contributed by atoms with Crippen molar-refractivity contribution in [2.45, 2.75) is 32.7 Å². The number of nitrogens with zero attached hydrogens (tertiary/aromatic N) is 2. The van der Waals surface area contributed by atoms with Gasteiger partial charge in [-0.1, -0.05) is 0 Å². The van der Waals surface area contributed by atoms with Crippen molar-refractivity contribution in [2.24, 2.45) is 11.8 Å². The van der Waals surface area contributed by atoms with Gasteiger partial charge in [0.15, 0.2) is 0 Å². The summed E-state index contributed by atoms with van der Waals surface area (Å²) in [5.41, 5.74) is 0. The number of carboxylic acids is 1. The topological polar surface area (TPSA) is 72.9 Å². The molecule has 0 aromatic heterocycles. The third-order valence-corrected chi connectivity index (χ3v) is 4.30. The van der Waals surface area contributed by atoms with Gasteiger partial charge in [-0.25, -0.2) is 4.79 Å². The van der Waals surface area contributed by atoms with Crippen LogP contribution >= 0.6 is 0 Å². The molecular weight excluding hydrogens is 258 g/mol. The van der Waals surface area contributed by atoms with Gasteiger partial charge in [0, 0.05) is 38.1 Å². The minimum Gasteiger partial charge on any atom is -0.481 e. The van der Waals surface area contributed by atoms with Crippen LogP contribution in [0.15, 0.2) is 0 Å². The number of likely N-dealkylation sites (tertiary alicyclic amines) is 2. The number of hydrogen-bond donors (Lipinski definition) is 2. The molecule has 2 aliphatic rings. The van der Waals surface area contributed by atoms with Gasteiger partial charge in [-0.2, -0.15) is 0 Å². The fraction of sp³-hybridized carbons (Fsp3) is 0.857. The Kier molecular flexibility index (Phi) is 4.86. The Morgan fingerprint density at radius 2 is 1.95 bits per heavy atom. The van der Waals surface area contributed by atoms with Crippen molar-refractivity contribution in [1.82, 2.24) is 15.1 Å². The Bertz CT molecular complexity index is 367. The minimum atomic E-state index is -0.783. The van der Waals surface area contributed by atoms with Crippen LogP contribution < -0.4 is 5.32 Å². The summed E-state index contributed by atoms with van der Waals surface area (Å²) in [6.45, 7) is 8.43. The number of nitrogens with one attached hydrogen (secondary N) is 1. The Morgan fingerprint density at radius 3 is 2.50 bits per heavy atom. The van der Waals surface area contributed by atoms with E-state index < -0.39 is 5.97 Å². The van der Waals surface area contributed by atoms with Crippen LogP contribution in [0.2, 0.25) is 0 Å². The standard InChI is InChI=1S/C14H25N3O3/c1-10(2)16-4-3-11(7-16)6-15-14(20)17-8-12(9-17)5-13(18)19/h10-12H,3-9H2,1-2H3,(H,15,20)(H,18,19). The van der Waals surface area contributed by atoms with Gasteiger partial charge in [-0.05, 0) is 32.7 Å². The fourth-order valence-electron chi connectivity index (χ4n) is 2.95. The Labute approximate surface area is 120 Å². The van der Waals surface area contributed by atoms with Gasteiger partial charge in [0.1, 0.15) is 0 Å². The molecule has 2 saturated heterocycles. The molecule has 0 aromatic carbocycles. The summed E-state index contributed by atoms with van der Waals surface area (Å²) in [5.74, 6) is -0.117. The van der Waals surface area contributed by atoms with Crippen LogP contribution in [-0.4, -0.2) is 65.7 Å². The van der Waals surface area contributed by atoms with Crippen molar-refractivity contribution in [3.05, 3.63) is 0 Å². The van der Waals surface area contributed by atoms with Gasteiger partial charge in [-0.15, -0.1) is 0 Å². The molecule has 6 heteroatoms. The molecule has 0 bridgehead atoms. The van der Waals surface area contributed by atoms with Crippen molar-refractivity contribution >= 4 is 12.0 Å². The molecule has 2 heterocycles. The van der Waals surface area contributed by atoms with E-state index in [2.05, 4.69) is 24.1 Å². The number of carboxylic acid groups (broad SMARTS) is 1. The van der Waals surface area contributed by atoms with Gasteiger partial charge in [0.25, 0.3) is 0 Å². The van der Waals surface area contributed by atoms with Crippen LogP contribution in [0.1, 0.15) is 26.7 Å². The average Bonchev–Trinajstić information content (AvgIpc) is 2.79. The first kappa shape index (κ1) is 15.1. The number of amides is 2. The average molecular weight is 283 g/mol. The summed E-state index contributed by atoms with van der Waals surface area (Å²) in [5, 5.41) is 11.6. The fourth-order valence-corrected chi connectivity index (χ4v) is 2.95. The van der Waals surface area contributed by atoms with E-state index in [4.69, 9.17) is 5.11 Å². The van der Waals surface area contributed by atoms with E-state index in [0.29, 0.717) is 25.0 Å². The first-order valence-corrected chi connectivity index (χ1v) is 7.44. The van der Waals surface area contributed by atoms with Gasteiger partial charge < -0.3 is 20.2 Å². The molecule has 6 nitrogen and oxygen atoms in total. The van der Waals surface area contributed by atoms with E-state index in [1.807, 2.05) is 0 Å². The van der Waals surface area contributed by atoms with E-state index in [1.165, 1.54) is 0 Å². The van der Waals surface area contributed by atoms with Crippen molar-refractivity contribution in [2.75, 3.05) is 32.7 Å². The predicted octanol–water partition coefficient (Wildman–Crippen LogP) is 0.833. The maximum atomic E-state index is 11.9. The lowest BCUT2D eigenvalue weighted by atomic mass is 9.97. The highest BCUT2D eigenvalue weighted by atomic mass is 16.4. The zero-order valence-corrected chi connectivity index (χ0v) is 12.3. The Balaban J connectivity index is 1.61. The normalized spacial score (nSPS) is 23.9. The molecule has 2 fully saturated rings. The maximum absolute atomic E-state index is 11.9. The summed E-state index contributed by atoms with van der Waals surface area (Å²) in [6.07, 6.45) is 1.30. The molecule has 0 spiro atoms. The lowest BCUT2D eigenvalue weighted by Gasteiger charge is -2.38. The third kappa shape index (κ3) is 3.85. The Hall–Kier alpha value is -1.30. The molecule has 20 heavy (non-hydrogen) atoms. The summed E-state index contributed by atoms with van der Waals surface area (Å²) >= 11 is 0. The van der Waals surface area contributed by atoms with Crippen LogP contribution in [0.25, 0.3) is 0 Å². The van der Waals surface area contributed by atoms with Crippen LogP contribution in [0.3, 0.4) is 0 Å². The van der Waals surface area contributed by atoms with Crippen molar-refractivity contribution in [3.63, 3.8) is 0 Å². The van der Waals surface area contributed by atoms with Crippen LogP contribution in [0.4, 0.5) is 4.79 Å². The summed E-state index contributed by atoms with van der Waals surface area (Å²) < 4.78 is 0. The number of hydrogen-bond acceptors (Lipinski definition) is 3. The van der Waals surface area contributed by atoms with E-state index in [9.17, 15) is 9.59 Å². The highest BCUT2D eigenvalue weighted by molar-refractivity contribution is 5.75. The van der Waals surface area contributed by atoms with Crippen molar-refractivity contribution in [1.29, 1.82) is 0 Å². The zero-order chi connectivity index (χ0) is 14.7. The third-order valence-electron chi connectivity index (χ3n) is 4.30. The van der Waals surface area contributed by atoms with E-state index >= 15 is 0 Å². The molecule has 1 unspecified atom stereocenters. The number of carbonyl (C=O) groups excluding carboxylic acids is 1. The van der Waals surface area contributed by atoms with E-state index in [-0.39, 0.29) is 18.4 Å². The molecule has 2 rings (SSSR count). The molecule has 0 radical (unpaired) electrons. The van der Waals surface area contributed by atoms with Crippen LogP contribution in [-0.2, 0) is 4.79 Å². The molecular formula is C14H25N3O3. The lowest BCUT2D eigenvalue weighted by molar-refractivity contribution is -0.139. The highest BCUT2D eigenvalue weighted by Crippen LogP contribution is 2.20. The smallest absolute Gasteiger partial charge is 0.317 e. The quantitative estimate of drug-likeness (QED) is 0.784. The molecule has 0 saturated carbocycles. The minimum absolute atomic E-state index is 0.0466. The largest absolute Gasteiger partial charge is 0.481 e. The maximum Gasteiger partial charge on any atom is 0.317 e. The molecule has 1 atom stereocenters. The van der Waals surface area contributed by atoms with Gasteiger partial charge in [0.05, 0.1) is 6.42 Å². The number of aliphatic carboxylic acids is 1. The number of carbonyl (C=O) groups is 2. The first-order chi connectivity index (χ1) is 9.45. The SMILES string of the molecule is CC(C)N1CCC(CNC(=O)N2CC(CC(=O)O)C2)C1. The molecule has 2 aliphatic heterocycles. The van der Waals surface area contributed by atoms with E-state index in [1.54, 1.807) is 4.90 Å². The van der Waals surface area contributed by atoms with Crippen LogP contribution in [0.5, 0.6) is 0 Å². The van der Waals surface area contributed by atoms with Gasteiger partial charge in [-0.3, -0.25) is 4.79 Å². The molecule has 2 N–H and O–H groups in total. The van der Waals surface area contributed by atoms with Crippen molar-refractivity contribution in [3.8, 4) is 0 Å². The monoisotopic (exact) mass is 283 g/mol. The lowest BCUT2D eigenvalue weighted by Crippen LogP contribution is -2.54. The number of rotatable bonds is 5. The van der Waals surface area contributed by atoms with Crippen LogP contribution in [0, 0.1) is 11.8 Å².